The van der Waals surface area contributed by atoms with E-state index in [-0.39, 0.29) is 23.5 Å². The van der Waals surface area contributed by atoms with E-state index in [4.69, 9.17) is 10.2 Å². The Bertz CT molecular complexity index is 273. The zero-order chi connectivity index (χ0) is 10.3. The van der Waals surface area contributed by atoms with Crippen LogP contribution in [-0.2, 0) is 9.59 Å². The molecule has 0 saturated heterocycles. The summed E-state index contributed by atoms with van der Waals surface area (Å²) in [6, 6.07) is 0. The number of aliphatic carboxylic acids is 1. The Kier molecular flexibility index (Phi) is 2.31. The van der Waals surface area contributed by atoms with Crippen molar-refractivity contribution < 1.29 is 19.8 Å². The van der Waals surface area contributed by atoms with Crippen molar-refractivity contribution in [1.29, 1.82) is 0 Å². The van der Waals surface area contributed by atoms with Crippen molar-refractivity contribution in [2.45, 2.75) is 19.3 Å². The second kappa shape index (κ2) is 3.35. The van der Waals surface area contributed by atoms with Crippen LogP contribution in [0.5, 0.6) is 0 Å². The highest BCUT2D eigenvalue weighted by Crippen LogP contribution is 2.52. The van der Waals surface area contributed by atoms with Gasteiger partial charge in [0.2, 0.25) is 0 Å². The van der Waals surface area contributed by atoms with Crippen LogP contribution in [0.3, 0.4) is 0 Å². The van der Waals surface area contributed by atoms with Gasteiger partial charge in [0.25, 0.3) is 0 Å². The van der Waals surface area contributed by atoms with Gasteiger partial charge in [0.05, 0.1) is 5.92 Å². The van der Waals surface area contributed by atoms with Gasteiger partial charge in [-0.05, 0) is 31.1 Å². The number of carboxylic acid groups (broad SMARTS) is 1. The summed E-state index contributed by atoms with van der Waals surface area (Å²) in [6.07, 6.45) is 2.36. The van der Waals surface area contributed by atoms with Crippen molar-refractivity contribution in [1.82, 2.24) is 0 Å². The molecule has 2 aliphatic rings. The first kappa shape index (κ1) is 9.65. The highest BCUT2D eigenvalue weighted by molar-refractivity contribution is 5.84. The summed E-state index contributed by atoms with van der Waals surface area (Å²) in [7, 11) is 0. The molecular weight excluding hydrogens is 184 g/mol. The normalized spacial score (nSPS) is 40.1. The van der Waals surface area contributed by atoms with Gasteiger partial charge in [-0.25, -0.2) is 0 Å². The van der Waals surface area contributed by atoms with Gasteiger partial charge in [0.1, 0.15) is 6.61 Å². The average Bonchev–Trinajstić information content (AvgIpc) is 2.74. The number of carbonyl (C=O) groups excluding carboxylic acids is 1. The lowest BCUT2D eigenvalue weighted by molar-refractivity contribution is -0.145. The predicted molar refractivity (Wildman–Crippen MR) is 47.5 cm³/mol. The van der Waals surface area contributed by atoms with Gasteiger partial charge in [0.15, 0.2) is 5.78 Å². The van der Waals surface area contributed by atoms with Crippen LogP contribution in [0.2, 0.25) is 0 Å². The monoisotopic (exact) mass is 198 g/mol. The molecule has 0 radical (unpaired) electrons. The third-order valence-corrected chi connectivity index (χ3v) is 3.70. The van der Waals surface area contributed by atoms with Crippen LogP contribution in [-0.4, -0.2) is 28.6 Å². The van der Waals surface area contributed by atoms with E-state index in [0.29, 0.717) is 5.92 Å². The molecule has 2 fully saturated rings. The molecule has 0 aromatic heterocycles. The van der Waals surface area contributed by atoms with Crippen LogP contribution in [0, 0.1) is 23.7 Å². The van der Waals surface area contributed by atoms with Crippen molar-refractivity contribution in [3.63, 3.8) is 0 Å². The number of carbonyl (C=O) groups is 2. The third-order valence-electron chi connectivity index (χ3n) is 3.70. The number of hydrogen-bond donors (Lipinski definition) is 2. The first-order chi connectivity index (χ1) is 6.63. The van der Waals surface area contributed by atoms with E-state index in [9.17, 15) is 9.59 Å². The molecule has 4 nitrogen and oxygen atoms in total. The number of hydrogen-bond acceptors (Lipinski definition) is 3. The van der Waals surface area contributed by atoms with E-state index < -0.39 is 12.6 Å². The van der Waals surface area contributed by atoms with E-state index in [1.165, 1.54) is 0 Å². The van der Waals surface area contributed by atoms with Gasteiger partial charge >= 0.3 is 5.97 Å². The van der Waals surface area contributed by atoms with Crippen LogP contribution in [0.15, 0.2) is 0 Å². The molecule has 2 bridgehead atoms. The molecule has 78 valence electrons. The number of rotatable bonds is 3. The Morgan fingerprint density at radius 2 is 1.79 bits per heavy atom. The molecule has 2 rings (SSSR count). The highest BCUT2D eigenvalue weighted by Gasteiger charge is 2.51. The first-order valence-electron chi connectivity index (χ1n) is 5.00. The number of carboxylic acids is 1. The minimum Gasteiger partial charge on any atom is -0.481 e. The zero-order valence-electron chi connectivity index (χ0n) is 7.85. The second-order valence-electron chi connectivity index (χ2n) is 4.41. The van der Waals surface area contributed by atoms with E-state index >= 15 is 0 Å². The Morgan fingerprint density at radius 3 is 2.29 bits per heavy atom. The van der Waals surface area contributed by atoms with Gasteiger partial charge in [-0.3, -0.25) is 9.59 Å². The maximum Gasteiger partial charge on any atom is 0.306 e. The summed E-state index contributed by atoms with van der Waals surface area (Å²) in [5.41, 5.74) is 0. The quantitative estimate of drug-likeness (QED) is 0.683. The minimum absolute atomic E-state index is 0.0165. The lowest BCUT2D eigenvalue weighted by atomic mass is 9.78. The van der Waals surface area contributed by atoms with E-state index in [1.54, 1.807) is 0 Å². The van der Waals surface area contributed by atoms with Gasteiger partial charge in [-0.2, -0.15) is 0 Å². The number of fused-ring (bicyclic) bond motifs is 2. The first-order valence-corrected chi connectivity index (χ1v) is 5.00. The van der Waals surface area contributed by atoms with Crippen molar-refractivity contribution in [2.24, 2.45) is 23.7 Å². The Morgan fingerprint density at radius 1 is 1.14 bits per heavy atom. The minimum atomic E-state index is -0.784. The molecule has 4 unspecified atom stereocenters. The molecule has 2 saturated carbocycles. The van der Waals surface area contributed by atoms with E-state index in [2.05, 4.69) is 0 Å². The second-order valence-corrected chi connectivity index (χ2v) is 4.41. The maximum atomic E-state index is 11.3. The van der Waals surface area contributed by atoms with Crippen molar-refractivity contribution >= 4 is 11.8 Å². The summed E-state index contributed by atoms with van der Waals surface area (Å²) in [5.74, 6) is -1.13. The molecular formula is C10H14O4. The molecule has 4 heteroatoms. The lowest BCUT2D eigenvalue weighted by Gasteiger charge is -2.25. The van der Waals surface area contributed by atoms with Gasteiger partial charge in [0, 0.05) is 5.92 Å². The summed E-state index contributed by atoms with van der Waals surface area (Å²) >= 11 is 0. The Hall–Kier alpha value is -0.900. The number of aliphatic hydroxyl groups is 1. The van der Waals surface area contributed by atoms with Crippen molar-refractivity contribution in [3.8, 4) is 0 Å². The summed E-state index contributed by atoms with van der Waals surface area (Å²) < 4.78 is 0. The molecule has 0 aliphatic heterocycles. The molecule has 0 aromatic carbocycles. The summed E-state index contributed by atoms with van der Waals surface area (Å²) in [5, 5.41) is 17.7. The number of ketones is 1. The number of aliphatic hydroxyl groups excluding tert-OH is 1. The maximum absolute atomic E-state index is 11.3. The largest absolute Gasteiger partial charge is 0.481 e. The van der Waals surface area contributed by atoms with Gasteiger partial charge in [-0.1, -0.05) is 0 Å². The van der Waals surface area contributed by atoms with E-state index in [1.807, 2.05) is 0 Å². The van der Waals surface area contributed by atoms with Gasteiger partial charge in [-0.15, -0.1) is 0 Å². The Balaban J connectivity index is 2.11. The fourth-order valence-electron chi connectivity index (χ4n) is 3.12. The van der Waals surface area contributed by atoms with E-state index in [0.717, 1.165) is 19.3 Å². The number of Topliss-reactive ketones (excluding diaryl/α,β-unsaturated/α-hetero) is 1. The van der Waals surface area contributed by atoms with Crippen LogP contribution < -0.4 is 0 Å². The molecule has 4 atom stereocenters. The smallest absolute Gasteiger partial charge is 0.306 e. The lowest BCUT2D eigenvalue weighted by Crippen LogP contribution is -2.32. The Labute approximate surface area is 81.9 Å². The SMILES string of the molecule is O=C(O)C1CC2CC(C(=O)CO)C1C2. The van der Waals surface area contributed by atoms with Crippen LogP contribution in [0.4, 0.5) is 0 Å². The fraction of sp³-hybridized carbons (Fsp3) is 0.800. The van der Waals surface area contributed by atoms with Crippen molar-refractivity contribution in [2.75, 3.05) is 6.61 Å². The van der Waals surface area contributed by atoms with Crippen LogP contribution >= 0.6 is 0 Å². The molecule has 2 N–H and O–H groups in total. The zero-order valence-corrected chi connectivity index (χ0v) is 7.85. The molecule has 2 aliphatic carbocycles. The topological polar surface area (TPSA) is 74.6 Å². The summed E-state index contributed by atoms with van der Waals surface area (Å²) in [4.78, 5) is 22.2. The summed E-state index contributed by atoms with van der Waals surface area (Å²) in [6.45, 7) is -0.444. The predicted octanol–water partition coefficient (Wildman–Crippen LogP) is 0.295. The van der Waals surface area contributed by atoms with Crippen molar-refractivity contribution in [3.05, 3.63) is 0 Å². The molecule has 0 spiro atoms. The molecule has 0 heterocycles. The standard InChI is InChI=1S/C10H14O4/c11-4-9(12)7-2-5-1-6(7)8(3-5)10(13)14/h5-8,11H,1-4H2,(H,13,14). The molecule has 0 aromatic rings. The van der Waals surface area contributed by atoms with Gasteiger partial charge < -0.3 is 10.2 Å². The van der Waals surface area contributed by atoms with Crippen LogP contribution in [0.25, 0.3) is 0 Å². The highest BCUT2D eigenvalue weighted by atomic mass is 16.4. The average molecular weight is 198 g/mol. The third kappa shape index (κ3) is 1.34. The molecule has 14 heavy (non-hydrogen) atoms. The van der Waals surface area contributed by atoms with Crippen LogP contribution in [0.1, 0.15) is 19.3 Å². The fourth-order valence-corrected chi connectivity index (χ4v) is 3.12. The molecule has 0 amide bonds.